The van der Waals surface area contributed by atoms with Gasteiger partial charge in [0, 0.05) is 1.43 Å². The van der Waals surface area contributed by atoms with E-state index >= 15 is 0 Å². The van der Waals surface area contributed by atoms with Crippen molar-refractivity contribution in [2.24, 2.45) is 5.41 Å². The Labute approximate surface area is 47.6 Å². The maximum atomic E-state index is 3.11. The molecule has 1 heteroatoms. The highest BCUT2D eigenvalue weighted by molar-refractivity contribution is 4.61. The van der Waals surface area contributed by atoms with Gasteiger partial charge in [-0.15, -0.1) is 0 Å². The minimum Gasteiger partial charge on any atom is -0.319 e. The van der Waals surface area contributed by atoms with Gasteiger partial charge in [-0.1, -0.05) is 20.8 Å². The van der Waals surface area contributed by atoms with E-state index in [1.54, 1.807) is 0 Å². The summed E-state index contributed by atoms with van der Waals surface area (Å²) < 4.78 is 0. The van der Waals surface area contributed by atoms with E-state index in [2.05, 4.69) is 26.1 Å². The van der Waals surface area contributed by atoms with Crippen LogP contribution in [0.5, 0.6) is 0 Å². The van der Waals surface area contributed by atoms with Crippen molar-refractivity contribution < 1.29 is 1.43 Å². The van der Waals surface area contributed by atoms with Gasteiger partial charge in [0.25, 0.3) is 0 Å². The van der Waals surface area contributed by atoms with E-state index in [0.717, 1.165) is 6.54 Å². The Morgan fingerprint density at radius 1 is 1.43 bits per heavy atom. The third-order valence-electron chi connectivity index (χ3n) is 0.707. The number of nitrogens with one attached hydrogen (secondary N) is 1. The van der Waals surface area contributed by atoms with Gasteiger partial charge in [0.15, 0.2) is 0 Å². The quantitative estimate of drug-likeness (QED) is 0.530. The Kier molecular flexibility index (Phi) is 2.30. The second-order valence-corrected chi connectivity index (χ2v) is 3.09. The molecule has 0 saturated carbocycles. The fourth-order valence-electron chi connectivity index (χ4n) is 0.530. The third-order valence-corrected chi connectivity index (χ3v) is 0.707. The molecule has 0 aliphatic carbocycles. The summed E-state index contributed by atoms with van der Waals surface area (Å²) in [5.74, 6) is 0. The van der Waals surface area contributed by atoms with Gasteiger partial charge in [0.2, 0.25) is 0 Å². The van der Waals surface area contributed by atoms with Crippen LogP contribution in [-0.4, -0.2) is 13.6 Å². The molecular weight excluding hydrogens is 86.1 g/mol. The zero-order valence-corrected chi connectivity index (χ0v) is 5.71. The SMILES string of the molecule is CNCC(C)(C)C.[HH]. The molecule has 0 aromatic heterocycles. The Morgan fingerprint density at radius 3 is 1.86 bits per heavy atom. The van der Waals surface area contributed by atoms with E-state index < -0.39 is 0 Å². The summed E-state index contributed by atoms with van der Waals surface area (Å²) in [5.41, 5.74) is 0.439. The van der Waals surface area contributed by atoms with E-state index in [1.165, 1.54) is 0 Å². The molecule has 1 nitrogen and oxygen atoms in total. The lowest BCUT2D eigenvalue weighted by Gasteiger charge is -2.16. The molecule has 0 spiro atoms. The molecular formula is C6H17N. The first-order valence-corrected chi connectivity index (χ1v) is 2.71. The van der Waals surface area contributed by atoms with Crippen molar-refractivity contribution in [2.45, 2.75) is 20.8 Å². The van der Waals surface area contributed by atoms with Crippen LogP contribution >= 0.6 is 0 Å². The van der Waals surface area contributed by atoms with Gasteiger partial charge in [-0.25, -0.2) is 0 Å². The second kappa shape index (κ2) is 2.31. The maximum absolute atomic E-state index is 3.11. The lowest BCUT2D eigenvalue weighted by molar-refractivity contribution is 0.395. The van der Waals surface area contributed by atoms with Gasteiger partial charge in [0.05, 0.1) is 0 Å². The molecule has 0 atom stereocenters. The van der Waals surface area contributed by atoms with Gasteiger partial charge in [-0.2, -0.15) is 0 Å². The molecule has 1 N–H and O–H groups in total. The van der Waals surface area contributed by atoms with Crippen LogP contribution in [0.15, 0.2) is 0 Å². The van der Waals surface area contributed by atoms with E-state index in [9.17, 15) is 0 Å². The van der Waals surface area contributed by atoms with Crippen LogP contribution in [0.2, 0.25) is 0 Å². The van der Waals surface area contributed by atoms with Crippen molar-refractivity contribution in [1.82, 2.24) is 5.32 Å². The molecule has 0 bridgehead atoms. The van der Waals surface area contributed by atoms with Gasteiger partial charge < -0.3 is 5.32 Å². The molecule has 0 radical (unpaired) electrons. The molecule has 46 valence electrons. The molecule has 0 fully saturated rings. The summed E-state index contributed by atoms with van der Waals surface area (Å²) in [6.07, 6.45) is 0. The van der Waals surface area contributed by atoms with Crippen LogP contribution in [0, 0.1) is 5.41 Å². The Hall–Kier alpha value is -0.0400. The van der Waals surface area contributed by atoms with Crippen molar-refractivity contribution in [2.75, 3.05) is 13.6 Å². The van der Waals surface area contributed by atoms with Crippen molar-refractivity contribution in [3.8, 4) is 0 Å². The highest BCUT2D eigenvalue weighted by atomic mass is 14.8. The standard InChI is InChI=1S/C6H15N.H2/c1-6(2,3)5-7-4;/h7H,5H2,1-4H3;1H. The highest BCUT2D eigenvalue weighted by Crippen LogP contribution is 2.09. The van der Waals surface area contributed by atoms with Gasteiger partial charge in [-0.05, 0) is 19.0 Å². The first-order chi connectivity index (χ1) is 3.06. The van der Waals surface area contributed by atoms with Crippen LogP contribution in [0.1, 0.15) is 22.2 Å². The van der Waals surface area contributed by atoms with E-state index in [1.807, 2.05) is 7.05 Å². The Morgan fingerprint density at radius 2 is 1.86 bits per heavy atom. The predicted molar refractivity (Wildman–Crippen MR) is 35.5 cm³/mol. The molecule has 0 heterocycles. The Balaban J connectivity index is 0. The molecule has 7 heavy (non-hydrogen) atoms. The van der Waals surface area contributed by atoms with Gasteiger partial charge >= 0.3 is 0 Å². The molecule has 0 saturated heterocycles. The average molecular weight is 103 g/mol. The molecule has 0 unspecified atom stereocenters. The van der Waals surface area contributed by atoms with Crippen molar-refractivity contribution in [1.29, 1.82) is 0 Å². The minimum atomic E-state index is 0. The summed E-state index contributed by atoms with van der Waals surface area (Å²) in [4.78, 5) is 0. The molecule has 0 rings (SSSR count). The van der Waals surface area contributed by atoms with Crippen LogP contribution in [-0.2, 0) is 0 Å². The van der Waals surface area contributed by atoms with Crippen molar-refractivity contribution in [3.63, 3.8) is 0 Å². The zero-order valence-electron chi connectivity index (χ0n) is 5.71. The summed E-state index contributed by atoms with van der Waals surface area (Å²) in [5, 5.41) is 3.11. The lowest BCUT2D eigenvalue weighted by Crippen LogP contribution is -2.22. The largest absolute Gasteiger partial charge is 0.319 e. The molecule has 0 aromatic carbocycles. The molecule has 0 aliphatic rings. The Bertz CT molecular complexity index is 47.0. The third kappa shape index (κ3) is 5.96. The van der Waals surface area contributed by atoms with Crippen molar-refractivity contribution >= 4 is 0 Å². The lowest BCUT2D eigenvalue weighted by atomic mass is 9.97. The summed E-state index contributed by atoms with van der Waals surface area (Å²) >= 11 is 0. The number of rotatable bonds is 1. The maximum Gasteiger partial charge on any atom is 0 e. The normalized spacial score (nSPS) is 12.0. The monoisotopic (exact) mass is 103 g/mol. The minimum absolute atomic E-state index is 0. The van der Waals surface area contributed by atoms with Crippen LogP contribution in [0.25, 0.3) is 0 Å². The topological polar surface area (TPSA) is 12.0 Å². The summed E-state index contributed by atoms with van der Waals surface area (Å²) in [7, 11) is 1.98. The van der Waals surface area contributed by atoms with Crippen LogP contribution < -0.4 is 5.32 Å². The zero-order chi connectivity index (χ0) is 5.91. The summed E-state index contributed by atoms with van der Waals surface area (Å²) in [6.45, 7) is 7.73. The first-order valence-electron chi connectivity index (χ1n) is 2.71. The van der Waals surface area contributed by atoms with E-state index in [0.29, 0.717) is 5.41 Å². The molecule has 0 amide bonds. The number of hydrogen-bond donors (Lipinski definition) is 1. The van der Waals surface area contributed by atoms with Gasteiger partial charge in [0.1, 0.15) is 0 Å². The van der Waals surface area contributed by atoms with E-state index in [-0.39, 0.29) is 1.43 Å². The average Bonchev–Trinajstić information content (AvgIpc) is 1.30. The van der Waals surface area contributed by atoms with Crippen molar-refractivity contribution in [3.05, 3.63) is 0 Å². The number of hydrogen-bond acceptors (Lipinski definition) is 1. The predicted octanol–water partition coefficient (Wildman–Crippen LogP) is 1.50. The van der Waals surface area contributed by atoms with E-state index in [4.69, 9.17) is 0 Å². The fourth-order valence-corrected chi connectivity index (χ4v) is 0.530. The second-order valence-electron chi connectivity index (χ2n) is 3.09. The smallest absolute Gasteiger partial charge is 0 e. The van der Waals surface area contributed by atoms with Crippen LogP contribution in [0.3, 0.4) is 0 Å². The fraction of sp³-hybridized carbons (Fsp3) is 1.00. The first kappa shape index (κ1) is 6.96. The van der Waals surface area contributed by atoms with Gasteiger partial charge in [-0.3, -0.25) is 0 Å². The highest BCUT2D eigenvalue weighted by Gasteiger charge is 2.05. The summed E-state index contributed by atoms with van der Waals surface area (Å²) in [6, 6.07) is 0. The van der Waals surface area contributed by atoms with Crippen LogP contribution in [0.4, 0.5) is 0 Å². The molecule has 0 aliphatic heterocycles. The molecule has 0 aromatic rings.